The van der Waals surface area contributed by atoms with Crippen LogP contribution >= 0.6 is 0 Å². The molecule has 66 valence electrons. The van der Waals surface area contributed by atoms with E-state index in [1.54, 1.807) is 7.05 Å². The molecule has 12 heavy (non-hydrogen) atoms. The molecule has 0 bridgehead atoms. The Kier molecular flexibility index (Phi) is 2.44. The second kappa shape index (κ2) is 3.36. The predicted molar refractivity (Wildman–Crippen MR) is 38.3 cm³/mol. The van der Waals surface area contributed by atoms with Gasteiger partial charge in [-0.2, -0.15) is 5.10 Å². The number of nitrogens with zero attached hydrogens (tertiary/aromatic N) is 2. The molecule has 0 saturated carbocycles. The lowest BCUT2D eigenvalue weighted by molar-refractivity contribution is -0.255. The second-order valence-corrected chi connectivity index (χ2v) is 2.36. The van der Waals surface area contributed by atoms with Crippen molar-refractivity contribution in [2.45, 2.75) is 6.61 Å². The molecular formula is C7H9N2O3-. The van der Waals surface area contributed by atoms with Crippen molar-refractivity contribution in [2.24, 2.45) is 7.05 Å². The maximum Gasteiger partial charge on any atom is 0.0902 e. The number of carboxylic acid groups (broad SMARTS) is 1. The summed E-state index contributed by atoms with van der Waals surface area (Å²) in [6, 6.07) is 1.43. The van der Waals surface area contributed by atoms with Crippen LogP contribution in [0.2, 0.25) is 0 Å². The van der Waals surface area contributed by atoms with Gasteiger partial charge in [-0.3, -0.25) is 4.68 Å². The summed E-state index contributed by atoms with van der Waals surface area (Å²) >= 11 is 0. The highest BCUT2D eigenvalue weighted by Gasteiger charge is 2.04. The Hall–Kier alpha value is -1.36. The third kappa shape index (κ3) is 1.62. The lowest BCUT2D eigenvalue weighted by atomic mass is 10.3. The molecule has 0 amide bonds. The van der Waals surface area contributed by atoms with E-state index in [0.717, 1.165) is 0 Å². The molecule has 0 N–H and O–H groups in total. The number of carbonyl (C=O) groups excluding carboxylic acids is 1. The van der Waals surface area contributed by atoms with Crippen molar-refractivity contribution in [3.8, 4) is 0 Å². The maximum absolute atomic E-state index is 10.4. The lowest BCUT2D eigenvalue weighted by Crippen LogP contribution is -2.24. The quantitative estimate of drug-likeness (QED) is 0.577. The van der Waals surface area contributed by atoms with Crippen LogP contribution in [0.1, 0.15) is 16.2 Å². The van der Waals surface area contributed by atoms with E-state index in [9.17, 15) is 9.90 Å². The zero-order valence-corrected chi connectivity index (χ0v) is 6.90. The minimum atomic E-state index is -1.23. The first kappa shape index (κ1) is 8.73. The van der Waals surface area contributed by atoms with Crippen LogP contribution < -0.4 is 5.11 Å². The van der Waals surface area contributed by atoms with Gasteiger partial charge in [0.25, 0.3) is 0 Å². The number of hydrogen-bond acceptors (Lipinski definition) is 4. The number of carbonyl (C=O) groups is 1. The maximum atomic E-state index is 10.4. The second-order valence-electron chi connectivity index (χ2n) is 2.36. The Morgan fingerprint density at radius 3 is 2.92 bits per heavy atom. The summed E-state index contributed by atoms with van der Waals surface area (Å²) in [4.78, 5) is 10.4. The van der Waals surface area contributed by atoms with Crippen molar-refractivity contribution < 1.29 is 14.6 Å². The van der Waals surface area contributed by atoms with E-state index in [-0.39, 0.29) is 5.69 Å². The van der Waals surface area contributed by atoms with E-state index in [0.29, 0.717) is 12.3 Å². The van der Waals surface area contributed by atoms with Gasteiger partial charge in [0, 0.05) is 14.2 Å². The van der Waals surface area contributed by atoms with Crippen molar-refractivity contribution >= 4 is 5.97 Å². The molecule has 0 aliphatic carbocycles. The van der Waals surface area contributed by atoms with Crippen LogP contribution in [0.4, 0.5) is 0 Å². The van der Waals surface area contributed by atoms with Crippen molar-refractivity contribution in [1.82, 2.24) is 9.78 Å². The van der Waals surface area contributed by atoms with Gasteiger partial charge in [-0.05, 0) is 6.07 Å². The van der Waals surface area contributed by atoms with Gasteiger partial charge in [-0.25, -0.2) is 0 Å². The number of methoxy groups -OCH3 is 1. The highest BCUT2D eigenvalue weighted by atomic mass is 16.5. The van der Waals surface area contributed by atoms with Gasteiger partial charge in [0.2, 0.25) is 0 Å². The van der Waals surface area contributed by atoms with Crippen LogP contribution in [0.15, 0.2) is 6.07 Å². The first-order chi connectivity index (χ1) is 5.65. The molecule has 0 aliphatic heterocycles. The largest absolute Gasteiger partial charge is 0.543 e. The summed E-state index contributed by atoms with van der Waals surface area (Å²) in [5.74, 6) is -1.23. The Balaban J connectivity index is 2.92. The molecule has 5 heteroatoms. The fourth-order valence-corrected chi connectivity index (χ4v) is 0.936. The zero-order chi connectivity index (χ0) is 9.14. The molecule has 0 fully saturated rings. The number of aromatic carboxylic acids is 1. The molecule has 0 spiro atoms. The van der Waals surface area contributed by atoms with Crippen molar-refractivity contribution in [1.29, 1.82) is 0 Å². The Morgan fingerprint density at radius 1 is 1.83 bits per heavy atom. The molecule has 1 heterocycles. The monoisotopic (exact) mass is 169 g/mol. The summed E-state index contributed by atoms with van der Waals surface area (Å²) in [6.45, 7) is 0.307. The number of hydrogen-bond donors (Lipinski definition) is 0. The van der Waals surface area contributed by atoms with Crippen molar-refractivity contribution in [3.63, 3.8) is 0 Å². The average Bonchev–Trinajstić information content (AvgIpc) is 2.32. The van der Waals surface area contributed by atoms with Gasteiger partial charge in [0.15, 0.2) is 0 Å². The zero-order valence-electron chi connectivity index (χ0n) is 6.90. The summed E-state index contributed by atoms with van der Waals surface area (Å²) in [5.41, 5.74) is 0.640. The van der Waals surface area contributed by atoms with E-state index < -0.39 is 5.97 Å². The van der Waals surface area contributed by atoms with Gasteiger partial charge < -0.3 is 14.6 Å². The third-order valence-electron chi connectivity index (χ3n) is 1.43. The van der Waals surface area contributed by atoms with Crippen molar-refractivity contribution in [2.75, 3.05) is 7.11 Å². The Bertz CT molecular complexity index is 293. The number of carboxylic acids is 1. The standard InChI is InChI=1S/C7H10N2O3/c1-9-6(7(10)11)3-5(8-9)4-12-2/h3H,4H2,1-2H3,(H,10,11)/p-1. The first-order valence-corrected chi connectivity index (χ1v) is 3.38. The van der Waals surface area contributed by atoms with Gasteiger partial charge >= 0.3 is 0 Å². The average molecular weight is 169 g/mol. The molecule has 1 aromatic heterocycles. The van der Waals surface area contributed by atoms with Crippen LogP contribution in [0, 0.1) is 0 Å². The number of aryl methyl sites for hydroxylation is 1. The van der Waals surface area contributed by atoms with E-state index >= 15 is 0 Å². The Labute approximate surface area is 69.6 Å². The first-order valence-electron chi connectivity index (χ1n) is 3.38. The summed E-state index contributed by atoms with van der Waals surface area (Å²) in [6.07, 6.45) is 0. The van der Waals surface area contributed by atoms with Crippen LogP contribution in [-0.4, -0.2) is 22.9 Å². The molecule has 0 radical (unpaired) electrons. The molecule has 0 aliphatic rings. The van der Waals surface area contributed by atoms with Crippen LogP contribution in [0.25, 0.3) is 0 Å². The van der Waals surface area contributed by atoms with Gasteiger partial charge in [0.1, 0.15) is 0 Å². The third-order valence-corrected chi connectivity index (χ3v) is 1.43. The van der Waals surface area contributed by atoms with E-state index in [4.69, 9.17) is 4.74 Å². The minimum Gasteiger partial charge on any atom is -0.543 e. The number of rotatable bonds is 3. The number of aromatic nitrogens is 2. The molecule has 1 aromatic rings. The number of ether oxygens (including phenoxy) is 1. The smallest absolute Gasteiger partial charge is 0.0902 e. The lowest BCUT2D eigenvalue weighted by Gasteiger charge is -1.99. The molecular weight excluding hydrogens is 160 g/mol. The normalized spacial score (nSPS) is 10.2. The fraction of sp³-hybridized carbons (Fsp3) is 0.429. The van der Waals surface area contributed by atoms with Crippen LogP contribution in [0.3, 0.4) is 0 Å². The molecule has 0 unspecified atom stereocenters. The molecule has 1 rings (SSSR count). The van der Waals surface area contributed by atoms with E-state index in [2.05, 4.69) is 5.10 Å². The molecule has 0 aromatic carbocycles. The highest BCUT2D eigenvalue weighted by molar-refractivity contribution is 5.83. The predicted octanol–water partition coefficient (Wildman–Crippen LogP) is -1.07. The van der Waals surface area contributed by atoms with Crippen LogP contribution in [-0.2, 0) is 18.4 Å². The molecule has 0 saturated heterocycles. The van der Waals surface area contributed by atoms with Gasteiger partial charge in [-0.15, -0.1) is 0 Å². The topological polar surface area (TPSA) is 67.2 Å². The van der Waals surface area contributed by atoms with Crippen LogP contribution in [0.5, 0.6) is 0 Å². The minimum absolute atomic E-state index is 0.0575. The SMILES string of the molecule is COCc1cc(C(=O)[O-])n(C)n1. The van der Waals surface area contributed by atoms with E-state index in [1.807, 2.05) is 0 Å². The van der Waals surface area contributed by atoms with Gasteiger partial charge in [0.05, 0.1) is 24.0 Å². The fourth-order valence-electron chi connectivity index (χ4n) is 0.936. The Morgan fingerprint density at radius 2 is 2.50 bits per heavy atom. The molecule has 0 atom stereocenters. The van der Waals surface area contributed by atoms with Crippen molar-refractivity contribution in [3.05, 3.63) is 17.5 Å². The van der Waals surface area contributed by atoms with Gasteiger partial charge in [-0.1, -0.05) is 0 Å². The highest BCUT2D eigenvalue weighted by Crippen LogP contribution is 2.02. The summed E-state index contributed by atoms with van der Waals surface area (Å²) in [7, 11) is 3.07. The van der Waals surface area contributed by atoms with E-state index in [1.165, 1.54) is 17.9 Å². The summed E-state index contributed by atoms with van der Waals surface area (Å²) in [5, 5.41) is 14.3. The summed E-state index contributed by atoms with van der Waals surface area (Å²) < 4.78 is 6.04. The molecule has 5 nitrogen and oxygen atoms in total.